The maximum atomic E-state index is 6.03. The Bertz CT molecular complexity index is 328. The van der Waals surface area contributed by atoms with E-state index >= 15 is 0 Å². The van der Waals surface area contributed by atoms with E-state index in [-0.39, 0.29) is 6.04 Å². The minimum atomic E-state index is -0.0221. The van der Waals surface area contributed by atoms with Crippen LogP contribution in [0.3, 0.4) is 0 Å². The summed E-state index contributed by atoms with van der Waals surface area (Å²) in [6.07, 6.45) is 0. The van der Waals surface area contributed by atoms with Crippen molar-refractivity contribution in [2.45, 2.75) is 6.04 Å². The molecular formula is C11H17ClN2O. The number of nitrogens with two attached hydrogens (primary N) is 1. The van der Waals surface area contributed by atoms with Crippen LogP contribution in [0.4, 0.5) is 0 Å². The lowest BCUT2D eigenvalue weighted by molar-refractivity contribution is 0.375. The molecule has 0 amide bonds. The number of hydrogen-bond acceptors (Lipinski definition) is 3. The SMILES string of the molecule is COc1cc([C@H](N)CN(C)C)ccc1Cl. The van der Waals surface area contributed by atoms with Gasteiger partial charge in [-0.1, -0.05) is 17.7 Å². The Morgan fingerprint density at radius 1 is 1.47 bits per heavy atom. The summed E-state index contributed by atoms with van der Waals surface area (Å²) in [5.41, 5.74) is 7.06. The van der Waals surface area contributed by atoms with Crippen molar-refractivity contribution in [1.29, 1.82) is 0 Å². The minimum absolute atomic E-state index is 0.0221. The van der Waals surface area contributed by atoms with Crippen LogP contribution >= 0.6 is 11.6 Å². The molecule has 0 fully saturated rings. The lowest BCUT2D eigenvalue weighted by atomic mass is 10.1. The summed E-state index contributed by atoms with van der Waals surface area (Å²) in [6.45, 7) is 0.796. The molecule has 0 aliphatic heterocycles. The van der Waals surface area contributed by atoms with Gasteiger partial charge >= 0.3 is 0 Å². The van der Waals surface area contributed by atoms with Crippen molar-refractivity contribution in [2.24, 2.45) is 5.73 Å². The standard InChI is InChI=1S/C11H17ClN2O/c1-14(2)7-10(13)8-4-5-9(12)11(6-8)15-3/h4-6,10H,7,13H2,1-3H3/t10-/m1/s1. The second-order valence-corrected chi connectivity index (χ2v) is 4.17. The van der Waals surface area contributed by atoms with E-state index in [1.54, 1.807) is 7.11 Å². The molecule has 0 aliphatic rings. The number of methoxy groups -OCH3 is 1. The molecule has 2 N–H and O–H groups in total. The van der Waals surface area contributed by atoms with Crippen LogP contribution in [0.25, 0.3) is 0 Å². The van der Waals surface area contributed by atoms with Gasteiger partial charge in [-0.15, -0.1) is 0 Å². The lowest BCUT2D eigenvalue weighted by Crippen LogP contribution is -2.25. The first-order chi connectivity index (χ1) is 7.04. The Balaban J connectivity index is 2.85. The number of likely N-dealkylation sites (N-methyl/N-ethyl adjacent to an activating group) is 1. The predicted octanol–water partition coefficient (Wildman–Crippen LogP) is 1.91. The molecule has 0 spiro atoms. The Labute approximate surface area is 95.8 Å². The Kier molecular flexibility index (Phi) is 4.39. The average Bonchev–Trinajstić information content (AvgIpc) is 2.17. The van der Waals surface area contributed by atoms with Crippen LogP contribution in [-0.2, 0) is 0 Å². The zero-order chi connectivity index (χ0) is 11.4. The largest absolute Gasteiger partial charge is 0.495 e. The topological polar surface area (TPSA) is 38.5 Å². The molecule has 15 heavy (non-hydrogen) atoms. The quantitative estimate of drug-likeness (QED) is 0.856. The molecule has 0 unspecified atom stereocenters. The fourth-order valence-corrected chi connectivity index (χ4v) is 1.60. The third kappa shape index (κ3) is 3.38. The number of benzene rings is 1. The summed E-state index contributed by atoms with van der Waals surface area (Å²) >= 11 is 5.93. The summed E-state index contributed by atoms with van der Waals surface area (Å²) in [7, 11) is 5.59. The van der Waals surface area contributed by atoms with Gasteiger partial charge < -0.3 is 15.4 Å². The van der Waals surface area contributed by atoms with Crippen molar-refractivity contribution in [1.82, 2.24) is 4.90 Å². The molecule has 0 saturated carbocycles. The van der Waals surface area contributed by atoms with Crippen LogP contribution in [0.5, 0.6) is 5.75 Å². The van der Waals surface area contributed by atoms with Gasteiger partial charge in [0.1, 0.15) is 5.75 Å². The van der Waals surface area contributed by atoms with Gasteiger partial charge in [0.05, 0.1) is 12.1 Å². The van der Waals surface area contributed by atoms with Gasteiger partial charge in [0.25, 0.3) is 0 Å². The molecular weight excluding hydrogens is 212 g/mol. The minimum Gasteiger partial charge on any atom is -0.495 e. The molecule has 0 radical (unpaired) electrons. The second-order valence-electron chi connectivity index (χ2n) is 3.76. The van der Waals surface area contributed by atoms with Gasteiger partial charge in [0.15, 0.2) is 0 Å². The van der Waals surface area contributed by atoms with Gasteiger partial charge in [-0.05, 0) is 31.8 Å². The molecule has 3 nitrogen and oxygen atoms in total. The molecule has 1 aromatic rings. The first-order valence-electron chi connectivity index (χ1n) is 4.78. The summed E-state index contributed by atoms with van der Waals surface area (Å²) in [6, 6.07) is 5.60. The second kappa shape index (κ2) is 5.35. The highest BCUT2D eigenvalue weighted by molar-refractivity contribution is 6.32. The average molecular weight is 229 g/mol. The van der Waals surface area contributed by atoms with Crippen LogP contribution < -0.4 is 10.5 Å². The van der Waals surface area contributed by atoms with Gasteiger partial charge in [-0.3, -0.25) is 0 Å². The highest BCUT2D eigenvalue weighted by Gasteiger charge is 2.09. The van der Waals surface area contributed by atoms with E-state index in [4.69, 9.17) is 22.1 Å². The van der Waals surface area contributed by atoms with Crippen LogP contribution in [0.2, 0.25) is 5.02 Å². The third-order valence-corrected chi connectivity index (χ3v) is 2.48. The number of ether oxygens (including phenoxy) is 1. The molecule has 84 valence electrons. The zero-order valence-electron chi connectivity index (χ0n) is 9.33. The van der Waals surface area contributed by atoms with Crippen molar-refractivity contribution < 1.29 is 4.74 Å². The zero-order valence-corrected chi connectivity index (χ0v) is 10.1. The van der Waals surface area contributed by atoms with Crippen LogP contribution in [-0.4, -0.2) is 32.6 Å². The Hall–Kier alpha value is -0.770. The van der Waals surface area contributed by atoms with E-state index in [0.717, 1.165) is 12.1 Å². The fraction of sp³-hybridized carbons (Fsp3) is 0.455. The smallest absolute Gasteiger partial charge is 0.137 e. The highest BCUT2D eigenvalue weighted by Crippen LogP contribution is 2.27. The Morgan fingerprint density at radius 3 is 2.67 bits per heavy atom. The van der Waals surface area contributed by atoms with Crippen LogP contribution in [0.15, 0.2) is 18.2 Å². The number of hydrogen-bond donors (Lipinski definition) is 1. The predicted molar refractivity (Wildman–Crippen MR) is 63.5 cm³/mol. The third-order valence-electron chi connectivity index (χ3n) is 2.17. The van der Waals surface area contributed by atoms with Gasteiger partial charge in [-0.25, -0.2) is 0 Å². The molecule has 0 heterocycles. The molecule has 0 saturated heterocycles. The monoisotopic (exact) mass is 228 g/mol. The molecule has 0 bridgehead atoms. The van der Waals surface area contributed by atoms with Gasteiger partial charge in [0, 0.05) is 12.6 Å². The summed E-state index contributed by atoms with van der Waals surface area (Å²) in [4.78, 5) is 2.05. The number of rotatable bonds is 4. The van der Waals surface area contributed by atoms with E-state index < -0.39 is 0 Å². The van der Waals surface area contributed by atoms with Crippen molar-refractivity contribution in [3.63, 3.8) is 0 Å². The number of nitrogens with zero attached hydrogens (tertiary/aromatic N) is 1. The first kappa shape index (κ1) is 12.3. The normalized spacial score (nSPS) is 12.9. The number of halogens is 1. The first-order valence-corrected chi connectivity index (χ1v) is 5.16. The van der Waals surface area contributed by atoms with Crippen LogP contribution in [0.1, 0.15) is 11.6 Å². The molecule has 1 atom stereocenters. The molecule has 1 rings (SSSR count). The van der Waals surface area contributed by atoms with E-state index in [0.29, 0.717) is 10.8 Å². The maximum absolute atomic E-state index is 6.03. The highest BCUT2D eigenvalue weighted by atomic mass is 35.5. The Morgan fingerprint density at radius 2 is 2.13 bits per heavy atom. The van der Waals surface area contributed by atoms with Gasteiger partial charge in [0.2, 0.25) is 0 Å². The van der Waals surface area contributed by atoms with Crippen molar-refractivity contribution in [2.75, 3.05) is 27.7 Å². The molecule has 0 aliphatic carbocycles. The van der Waals surface area contributed by atoms with Gasteiger partial charge in [-0.2, -0.15) is 0 Å². The van der Waals surface area contributed by atoms with Crippen molar-refractivity contribution in [3.8, 4) is 5.75 Å². The molecule has 4 heteroatoms. The summed E-state index contributed by atoms with van der Waals surface area (Å²) in [5.74, 6) is 0.670. The van der Waals surface area contributed by atoms with E-state index in [1.807, 2.05) is 37.2 Å². The van der Waals surface area contributed by atoms with Crippen LogP contribution in [0, 0.1) is 0 Å². The summed E-state index contributed by atoms with van der Waals surface area (Å²) < 4.78 is 5.14. The summed E-state index contributed by atoms with van der Waals surface area (Å²) in [5, 5.41) is 0.610. The van der Waals surface area contributed by atoms with E-state index in [9.17, 15) is 0 Å². The van der Waals surface area contributed by atoms with Crippen molar-refractivity contribution in [3.05, 3.63) is 28.8 Å². The van der Waals surface area contributed by atoms with E-state index in [2.05, 4.69) is 0 Å². The fourth-order valence-electron chi connectivity index (χ4n) is 1.41. The lowest BCUT2D eigenvalue weighted by Gasteiger charge is -2.18. The maximum Gasteiger partial charge on any atom is 0.137 e. The van der Waals surface area contributed by atoms with Crippen molar-refractivity contribution >= 4 is 11.6 Å². The van der Waals surface area contributed by atoms with E-state index in [1.165, 1.54) is 0 Å². The molecule has 1 aromatic carbocycles. The molecule has 0 aromatic heterocycles.